The minimum atomic E-state index is -0.419. The van der Waals surface area contributed by atoms with Gasteiger partial charge >= 0.3 is 0 Å². The van der Waals surface area contributed by atoms with E-state index in [9.17, 15) is 5.11 Å². The molecule has 0 aliphatic heterocycles. The summed E-state index contributed by atoms with van der Waals surface area (Å²) >= 11 is 1.82. The maximum atomic E-state index is 10.1. The smallest absolute Gasteiger partial charge is 0.0914 e. The molecule has 0 spiro atoms. The second-order valence-corrected chi connectivity index (χ2v) is 6.53. The Morgan fingerprint density at radius 3 is 2.32 bits per heavy atom. The van der Waals surface area contributed by atoms with Crippen LogP contribution in [0.1, 0.15) is 38.0 Å². The van der Waals surface area contributed by atoms with Crippen LogP contribution in [0.15, 0.2) is 24.3 Å². The number of aliphatic hydroxyl groups excluding tert-OH is 1. The molecule has 0 heterocycles. The summed E-state index contributed by atoms with van der Waals surface area (Å²) in [4.78, 5) is 0. The summed E-state index contributed by atoms with van der Waals surface area (Å²) in [5, 5.41) is 13.5. The molecule has 1 aromatic rings. The summed E-state index contributed by atoms with van der Waals surface area (Å²) in [6.45, 7) is 7.21. The van der Waals surface area contributed by atoms with Crippen LogP contribution in [0, 0.1) is 5.92 Å². The van der Waals surface area contributed by atoms with E-state index in [1.54, 1.807) is 0 Å². The lowest BCUT2D eigenvalue weighted by Crippen LogP contribution is -2.32. The molecule has 19 heavy (non-hydrogen) atoms. The first kappa shape index (κ1) is 16.5. The van der Waals surface area contributed by atoms with Gasteiger partial charge in [-0.25, -0.2) is 0 Å². The van der Waals surface area contributed by atoms with Gasteiger partial charge in [0, 0.05) is 18.3 Å². The Bertz CT molecular complexity index is 350. The summed E-state index contributed by atoms with van der Waals surface area (Å²) in [7, 11) is 0. The summed E-state index contributed by atoms with van der Waals surface area (Å²) < 4.78 is 0. The first-order valence-corrected chi connectivity index (χ1v) is 8.41. The zero-order chi connectivity index (χ0) is 14.3. The zero-order valence-electron chi connectivity index (χ0n) is 12.5. The first-order valence-electron chi connectivity index (χ1n) is 7.02. The number of thioether (sulfide) groups is 1. The van der Waals surface area contributed by atoms with Gasteiger partial charge in [0.25, 0.3) is 0 Å². The number of hydrogen-bond donors (Lipinski definition) is 2. The number of nitrogens with one attached hydrogen (secondary N) is 1. The van der Waals surface area contributed by atoms with Crippen molar-refractivity contribution in [3.8, 4) is 0 Å². The fraction of sp³-hybridized carbons (Fsp3) is 0.625. The van der Waals surface area contributed by atoms with Crippen molar-refractivity contribution in [2.24, 2.45) is 5.92 Å². The van der Waals surface area contributed by atoms with Crippen LogP contribution in [-0.4, -0.2) is 29.7 Å². The van der Waals surface area contributed by atoms with Crippen molar-refractivity contribution >= 4 is 11.8 Å². The average molecular weight is 281 g/mol. The van der Waals surface area contributed by atoms with Gasteiger partial charge < -0.3 is 10.4 Å². The molecule has 2 unspecified atom stereocenters. The van der Waals surface area contributed by atoms with E-state index in [2.05, 4.69) is 44.5 Å². The molecular weight excluding hydrogens is 254 g/mol. The van der Waals surface area contributed by atoms with E-state index in [1.165, 1.54) is 5.56 Å². The molecule has 2 nitrogen and oxygen atoms in total. The monoisotopic (exact) mass is 281 g/mol. The van der Waals surface area contributed by atoms with Crippen molar-refractivity contribution in [3.63, 3.8) is 0 Å². The topological polar surface area (TPSA) is 32.3 Å². The second kappa shape index (κ2) is 8.62. The van der Waals surface area contributed by atoms with E-state index in [1.807, 2.05) is 23.9 Å². The molecule has 108 valence electrons. The van der Waals surface area contributed by atoms with Crippen LogP contribution in [0.25, 0.3) is 0 Å². The van der Waals surface area contributed by atoms with E-state index in [4.69, 9.17) is 0 Å². The highest BCUT2D eigenvalue weighted by molar-refractivity contribution is 7.98. The van der Waals surface area contributed by atoms with Crippen molar-refractivity contribution in [1.82, 2.24) is 5.32 Å². The molecule has 1 aromatic carbocycles. The van der Waals surface area contributed by atoms with Gasteiger partial charge in [-0.2, -0.15) is 11.8 Å². The zero-order valence-corrected chi connectivity index (χ0v) is 13.3. The molecule has 0 aliphatic carbocycles. The Morgan fingerprint density at radius 2 is 1.79 bits per heavy atom. The highest BCUT2D eigenvalue weighted by Crippen LogP contribution is 2.15. The minimum absolute atomic E-state index is 0.419. The molecule has 0 saturated heterocycles. The van der Waals surface area contributed by atoms with E-state index in [-0.39, 0.29) is 0 Å². The third-order valence-electron chi connectivity index (χ3n) is 3.08. The van der Waals surface area contributed by atoms with Gasteiger partial charge in [-0.1, -0.05) is 38.1 Å². The maximum Gasteiger partial charge on any atom is 0.0914 e. The highest BCUT2D eigenvalue weighted by Gasteiger charge is 2.09. The molecule has 0 aliphatic rings. The van der Waals surface area contributed by atoms with Gasteiger partial charge in [-0.3, -0.25) is 0 Å². The van der Waals surface area contributed by atoms with Gasteiger partial charge in [0.2, 0.25) is 0 Å². The van der Waals surface area contributed by atoms with Gasteiger partial charge in [0.05, 0.1) is 6.10 Å². The van der Waals surface area contributed by atoms with E-state index in [0.29, 0.717) is 18.5 Å². The van der Waals surface area contributed by atoms with Crippen LogP contribution in [0.3, 0.4) is 0 Å². The lowest BCUT2D eigenvalue weighted by atomic mass is 10.0. The van der Waals surface area contributed by atoms with Crippen molar-refractivity contribution in [2.45, 2.75) is 39.3 Å². The summed E-state index contributed by atoms with van der Waals surface area (Å²) in [6, 6.07) is 8.78. The van der Waals surface area contributed by atoms with Crippen LogP contribution in [-0.2, 0) is 6.42 Å². The van der Waals surface area contributed by atoms with E-state index in [0.717, 1.165) is 17.7 Å². The van der Waals surface area contributed by atoms with Gasteiger partial charge in [0.1, 0.15) is 0 Å². The Balaban J connectivity index is 2.46. The molecule has 0 bridgehead atoms. The third kappa shape index (κ3) is 6.46. The fourth-order valence-electron chi connectivity index (χ4n) is 2.09. The predicted octanol–water partition coefficient (Wildman–Crippen LogP) is 3.26. The fourth-order valence-corrected chi connectivity index (χ4v) is 2.70. The van der Waals surface area contributed by atoms with Crippen molar-refractivity contribution in [1.29, 1.82) is 0 Å². The average Bonchev–Trinajstić information content (AvgIpc) is 2.36. The first-order chi connectivity index (χ1) is 9.02. The third-order valence-corrected chi connectivity index (χ3v) is 3.92. The van der Waals surface area contributed by atoms with Crippen molar-refractivity contribution in [3.05, 3.63) is 35.4 Å². The predicted molar refractivity (Wildman–Crippen MR) is 85.8 cm³/mol. The Morgan fingerprint density at radius 1 is 1.16 bits per heavy atom. The van der Waals surface area contributed by atoms with Gasteiger partial charge in [-0.05, 0) is 36.6 Å². The Labute approximate surface area is 122 Å². The minimum Gasteiger partial charge on any atom is -0.387 e. The molecule has 0 radical (unpaired) electrons. The molecule has 3 heteroatoms. The van der Waals surface area contributed by atoms with Gasteiger partial charge in [0.15, 0.2) is 0 Å². The number of aliphatic hydroxyl groups is 1. The van der Waals surface area contributed by atoms with Crippen LogP contribution in [0.2, 0.25) is 0 Å². The summed E-state index contributed by atoms with van der Waals surface area (Å²) in [5.41, 5.74) is 2.34. The van der Waals surface area contributed by atoms with E-state index < -0.39 is 6.10 Å². The maximum absolute atomic E-state index is 10.1. The van der Waals surface area contributed by atoms with Crippen LogP contribution in [0.4, 0.5) is 0 Å². The summed E-state index contributed by atoms with van der Waals surface area (Å²) in [5.74, 6) is 1.74. The second-order valence-electron chi connectivity index (χ2n) is 5.62. The number of benzene rings is 1. The SMILES string of the molecule is CSCC(C)NCC(O)c1ccc(CC(C)C)cc1. The van der Waals surface area contributed by atoms with Crippen molar-refractivity contribution in [2.75, 3.05) is 18.6 Å². The highest BCUT2D eigenvalue weighted by atomic mass is 32.2. The van der Waals surface area contributed by atoms with Gasteiger partial charge in [-0.15, -0.1) is 0 Å². The Kier molecular flexibility index (Phi) is 7.51. The Hall–Kier alpha value is -0.510. The lowest BCUT2D eigenvalue weighted by Gasteiger charge is -2.17. The van der Waals surface area contributed by atoms with Crippen LogP contribution < -0.4 is 5.32 Å². The lowest BCUT2D eigenvalue weighted by molar-refractivity contribution is 0.172. The number of rotatable bonds is 8. The van der Waals surface area contributed by atoms with Crippen LogP contribution in [0.5, 0.6) is 0 Å². The molecule has 2 N–H and O–H groups in total. The van der Waals surface area contributed by atoms with E-state index >= 15 is 0 Å². The molecule has 2 atom stereocenters. The standard InChI is InChI=1S/C16H27NOS/c1-12(2)9-14-5-7-15(8-6-14)16(18)10-17-13(3)11-19-4/h5-8,12-13,16-18H,9-11H2,1-4H3. The molecule has 0 fully saturated rings. The van der Waals surface area contributed by atoms with Crippen molar-refractivity contribution < 1.29 is 5.11 Å². The molecule has 0 aromatic heterocycles. The molecule has 0 saturated carbocycles. The largest absolute Gasteiger partial charge is 0.387 e. The van der Waals surface area contributed by atoms with Crippen LogP contribution >= 0.6 is 11.8 Å². The normalized spacial score (nSPS) is 14.6. The number of hydrogen-bond acceptors (Lipinski definition) is 3. The molecule has 1 rings (SSSR count). The quantitative estimate of drug-likeness (QED) is 0.767. The summed E-state index contributed by atoms with van der Waals surface area (Å²) in [6.07, 6.45) is 2.78. The molecular formula is C16H27NOS. The molecule has 0 amide bonds.